The standard InChI is InChI=1S/C10H15O4.2ClH.Sn/c11-6-9(12)8-5-7(8)3-1-2-4-10(13)14;;;/h3,7-9H,1-2,4-6H2,(H,13,14);2*1H;/q-1;;;+4/p-2/t7-,8-,9-;;;/m0.../s1. The molecular formula is C10H15Cl2O4Sn+. The quantitative estimate of drug-likeness (QED) is 0.431. The van der Waals surface area contributed by atoms with Crippen molar-refractivity contribution in [1.82, 2.24) is 0 Å². The van der Waals surface area contributed by atoms with E-state index in [0.717, 1.165) is 12.8 Å². The number of aliphatic carboxylic acids is 1. The molecule has 0 aromatic heterocycles. The van der Waals surface area contributed by atoms with Gasteiger partial charge >= 0.3 is 113 Å². The summed E-state index contributed by atoms with van der Waals surface area (Å²) in [6.07, 6.45) is 5.11. The van der Waals surface area contributed by atoms with Gasteiger partial charge in [-0.2, -0.15) is 0 Å². The minimum atomic E-state index is -3.56. The van der Waals surface area contributed by atoms with Gasteiger partial charge in [0.1, 0.15) is 0 Å². The van der Waals surface area contributed by atoms with Crippen molar-refractivity contribution >= 4 is 40.8 Å². The van der Waals surface area contributed by atoms with Gasteiger partial charge in [-0.15, -0.1) is 0 Å². The van der Waals surface area contributed by atoms with Crippen LogP contribution < -0.4 is 0 Å². The van der Waals surface area contributed by atoms with E-state index in [1.54, 1.807) is 0 Å². The third-order valence-corrected chi connectivity index (χ3v) is 8.88. The van der Waals surface area contributed by atoms with E-state index < -0.39 is 22.9 Å². The van der Waals surface area contributed by atoms with Crippen molar-refractivity contribution in [2.24, 2.45) is 11.8 Å². The van der Waals surface area contributed by atoms with E-state index in [1.165, 1.54) is 0 Å². The molecule has 0 aromatic rings. The van der Waals surface area contributed by atoms with Crippen molar-refractivity contribution in [3.05, 3.63) is 6.42 Å². The predicted molar refractivity (Wildman–Crippen MR) is 65.7 cm³/mol. The van der Waals surface area contributed by atoms with Crippen LogP contribution in [0.15, 0.2) is 0 Å². The molecule has 1 aliphatic carbocycles. The van der Waals surface area contributed by atoms with Crippen LogP contribution in [0.25, 0.3) is 0 Å². The molecule has 0 unspecified atom stereocenters. The first-order valence-corrected chi connectivity index (χ1v) is 15.3. The normalized spacial score (nSPS) is 34.6. The summed E-state index contributed by atoms with van der Waals surface area (Å²) in [5.41, 5.74) is 0. The summed E-state index contributed by atoms with van der Waals surface area (Å²) >= 11 is -3.56. The number of hydrogen-bond acceptors (Lipinski definition) is 3. The van der Waals surface area contributed by atoms with Crippen LogP contribution in [0.4, 0.5) is 0 Å². The number of unbranched alkanes of at least 4 members (excludes halogenated alkanes) is 1. The van der Waals surface area contributed by atoms with Gasteiger partial charge in [0, 0.05) is 0 Å². The number of carboxylic acids is 1. The molecule has 2 aliphatic rings. The van der Waals surface area contributed by atoms with Crippen LogP contribution in [0.2, 0.25) is 0 Å². The van der Waals surface area contributed by atoms with Crippen LogP contribution in [0.5, 0.6) is 0 Å². The molecule has 3 atom stereocenters. The van der Waals surface area contributed by atoms with Crippen LogP contribution in [-0.4, -0.2) is 40.7 Å². The molecular weight excluding hydrogens is 374 g/mol. The summed E-state index contributed by atoms with van der Waals surface area (Å²) < 4.78 is 10.8. The Kier molecular flexibility index (Phi) is 4.74. The molecule has 1 aliphatic heterocycles. The number of hydrogen-bond donors (Lipinski definition) is 1. The third-order valence-electron chi connectivity index (χ3n) is 3.14. The fraction of sp³-hybridized carbons (Fsp3) is 0.800. The van der Waals surface area contributed by atoms with E-state index in [1.807, 2.05) is 0 Å². The molecule has 1 saturated carbocycles. The Morgan fingerprint density at radius 3 is 2.88 bits per heavy atom. The zero-order chi connectivity index (χ0) is 12.5. The number of carbonyl (C=O) groups is 1. The van der Waals surface area contributed by atoms with Gasteiger partial charge in [0.25, 0.3) is 0 Å². The van der Waals surface area contributed by atoms with Crippen LogP contribution in [0.1, 0.15) is 25.7 Å². The van der Waals surface area contributed by atoms with Crippen molar-refractivity contribution in [1.29, 1.82) is 0 Å². The van der Waals surface area contributed by atoms with Gasteiger partial charge in [0.05, 0.1) is 0 Å². The second-order valence-electron chi connectivity index (χ2n) is 4.52. The fourth-order valence-corrected chi connectivity index (χ4v) is 7.45. The molecule has 1 heterocycles. The van der Waals surface area contributed by atoms with Gasteiger partial charge in [-0.1, -0.05) is 0 Å². The molecule has 0 aromatic carbocycles. The summed E-state index contributed by atoms with van der Waals surface area (Å²) in [4.78, 5) is 10.3. The van der Waals surface area contributed by atoms with E-state index in [-0.39, 0.29) is 12.5 Å². The first kappa shape index (κ1) is 14.1. The van der Waals surface area contributed by atoms with Gasteiger partial charge in [-0.05, 0) is 0 Å². The first-order valence-electron chi connectivity index (χ1n) is 5.72. The maximum atomic E-state index is 10.3. The van der Waals surface area contributed by atoms with Crippen LogP contribution in [-0.2, 0) is 10.9 Å². The zero-order valence-electron chi connectivity index (χ0n) is 9.27. The minimum absolute atomic E-state index is 0.0570. The molecule has 0 spiro atoms. The average Bonchev–Trinajstić information content (AvgIpc) is 2.90. The first-order chi connectivity index (χ1) is 7.98. The Morgan fingerprint density at radius 1 is 1.53 bits per heavy atom. The topological polar surface area (TPSA) is 55.8 Å². The van der Waals surface area contributed by atoms with Gasteiger partial charge in [-0.3, -0.25) is 0 Å². The molecule has 0 amide bonds. The van der Waals surface area contributed by atoms with Crippen molar-refractivity contribution in [2.45, 2.75) is 31.8 Å². The molecule has 1 saturated heterocycles. The average molecular weight is 389 g/mol. The Bertz CT molecular complexity index is 300. The van der Waals surface area contributed by atoms with E-state index >= 15 is 0 Å². The van der Waals surface area contributed by atoms with Crippen LogP contribution in [0, 0.1) is 18.3 Å². The fourth-order valence-electron chi connectivity index (χ4n) is 2.15. The summed E-state index contributed by atoms with van der Waals surface area (Å²) in [6, 6.07) is 0. The van der Waals surface area contributed by atoms with Crippen LogP contribution >= 0.6 is 17.8 Å². The van der Waals surface area contributed by atoms with Gasteiger partial charge in [-0.25, -0.2) is 0 Å². The molecule has 0 radical (unpaired) electrons. The molecule has 17 heavy (non-hydrogen) atoms. The SMILES string of the molecule is O=C(O)CCC[CH+][C@H]1C[C@@H]1[C@@H]1C[O][Sn]([Cl])([Cl])[O]1. The van der Waals surface area contributed by atoms with Gasteiger partial charge < -0.3 is 0 Å². The molecule has 4 nitrogen and oxygen atoms in total. The Hall–Kier alpha value is 0.639. The summed E-state index contributed by atoms with van der Waals surface area (Å²) in [5.74, 6) is 0.253. The third kappa shape index (κ3) is 4.35. The van der Waals surface area contributed by atoms with Crippen molar-refractivity contribution < 1.29 is 16.0 Å². The second kappa shape index (κ2) is 5.73. The van der Waals surface area contributed by atoms with Crippen molar-refractivity contribution in [3.63, 3.8) is 0 Å². The number of carboxylic acid groups (broad SMARTS) is 1. The number of rotatable bonds is 6. The molecule has 2 fully saturated rings. The molecule has 2 rings (SSSR count). The van der Waals surface area contributed by atoms with Crippen molar-refractivity contribution in [3.8, 4) is 0 Å². The van der Waals surface area contributed by atoms with E-state index in [9.17, 15) is 4.79 Å². The van der Waals surface area contributed by atoms with Gasteiger partial charge in [0.15, 0.2) is 0 Å². The summed E-state index contributed by atoms with van der Waals surface area (Å²) in [7, 11) is 11.8. The molecule has 96 valence electrons. The van der Waals surface area contributed by atoms with E-state index in [0.29, 0.717) is 24.9 Å². The zero-order valence-corrected chi connectivity index (χ0v) is 13.6. The Balaban J connectivity index is 1.60. The summed E-state index contributed by atoms with van der Waals surface area (Å²) in [6.45, 7) is 0.521. The van der Waals surface area contributed by atoms with Crippen molar-refractivity contribution in [2.75, 3.05) is 6.61 Å². The second-order valence-corrected chi connectivity index (χ2v) is 16.6. The maximum absolute atomic E-state index is 10.3. The van der Waals surface area contributed by atoms with E-state index in [2.05, 4.69) is 6.42 Å². The molecule has 1 N–H and O–H groups in total. The predicted octanol–water partition coefficient (Wildman–Crippen LogP) is 2.41. The summed E-state index contributed by atoms with van der Waals surface area (Å²) in [5, 5.41) is 8.50. The Morgan fingerprint density at radius 2 is 2.29 bits per heavy atom. The number of halogens is 2. The molecule has 7 heteroatoms. The van der Waals surface area contributed by atoms with Gasteiger partial charge in [0.2, 0.25) is 0 Å². The monoisotopic (exact) mass is 389 g/mol. The van der Waals surface area contributed by atoms with Crippen LogP contribution in [0.3, 0.4) is 0 Å². The van der Waals surface area contributed by atoms with E-state index in [4.69, 9.17) is 29.1 Å². The Labute approximate surface area is 113 Å². The molecule has 0 bridgehead atoms.